The molecule has 3 heterocycles. The second-order valence-corrected chi connectivity index (χ2v) is 8.44. The number of nitrogens with zero attached hydrogens (tertiary/aromatic N) is 4. The Balaban J connectivity index is 1.32. The molecule has 0 bridgehead atoms. The Labute approximate surface area is 184 Å². The van der Waals surface area contributed by atoms with Gasteiger partial charge < -0.3 is 9.80 Å². The first-order chi connectivity index (χ1) is 15.5. The SMILES string of the molecule is O=C([C@@H]1CC(=O)N(c2ccc(F)cc2)C1)N1CCC[C@@H](n2cnc3ccccc3c2=O)C1. The van der Waals surface area contributed by atoms with E-state index in [0.29, 0.717) is 29.7 Å². The highest BCUT2D eigenvalue weighted by molar-refractivity contribution is 6.00. The van der Waals surface area contributed by atoms with Crippen molar-refractivity contribution in [1.82, 2.24) is 14.5 Å². The van der Waals surface area contributed by atoms with Gasteiger partial charge in [0.15, 0.2) is 0 Å². The van der Waals surface area contributed by atoms with Crippen LogP contribution in [0.5, 0.6) is 0 Å². The van der Waals surface area contributed by atoms with Gasteiger partial charge in [-0.1, -0.05) is 12.1 Å². The molecule has 0 spiro atoms. The van der Waals surface area contributed by atoms with Crippen molar-refractivity contribution in [3.05, 3.63) is 71.0 Å². The summed E-state index contributed by atoms with van der Waals surface area (Å²) in [6.45, 7) is 1.30. The lowest BCUT2D eigenvalue weighted by atomic mass is 10.0. The summed E-state index contributed by atoms with van der Waals surface area (Å²) < 4.78 is 14.8. The van der Waals surface area contributed by atoms with Crippen LogP contribution < -0.4 is 10.5 Å². The third-order valence-corrected chi connectivity index (χ3v) is 6.40. The van der Waals surface area contributed by atoms with E-state index in [0.717, 1.165) is 12.8 Å². The number of rotatable bonds is 3. The maximum atomic E-state index is 13.2. The van der Waals surface area contributed by atoms with Crippen LogP contribution in [0.15, 0.2) is 59.7 Å². The Kier molecular flexibility index (Phi) is 5.20. The van der Waals surface area contributed by atoms with Gasteiger partial charge in [-0.3, -0.25) is 19.0 Å². The second-order valence-electron chi connectivity index (χ2n) is 8.44. The standard InChI is InChI=1S/C24H23FN4O3/c25-17-7-9-18(10-8-17)28-13-16(12-22(28)30)23(31)27-11-3-4-19(14-27)29-15-26-21-6-2-1-5-20(21)24(29)32/h1-2,5-10,15-16,19H,3-4,11-14H2/t16-,19-/m1/s1. The molecule has 0 unspecified atom stereocenters. The molecule has 7 nitrogen and oxygen atoms in total. The van der Waals surface area contributed by atoms with Gasteiger partial charge in [0.1, 0.15) is 5.82 Å². The molecule has 2 atom stereocenters. The maximum absolute atomic E-state index is 13.2. The van der Waals surface area contributed by atoms with Crippen molar-refractivity contribution >= 4 is 28.4 Å². The third kappa shape index (κ3) is 3.66. The van der Waals surface area contributed by atoms with E-state index in [1.54, 1.807) is 38.9 Å². The molecule has 2 aliphatic rings. The van der Waals surface area contributed by atoms with Crippen molar-refractivity contribution in [2.45, 2.75) is 25.3 Å². The smallest absolute Gasteiger partial charge is 0.261 e. The van der Waals surface area contributed by atoms with E-state index in [9.17, 15) is 18.8 Å². The van der Waals surface area contributed by atoms with Gasteiger partial charge in [-0.05, 0) is 49.2 Å². The van der Waals surface area contributed by atoms with Crippen molar-refractivity contribution in [2.24, 2.45) is 5.92 Å². The molecule has 2 amide bonds. The van der Waals surface area contributed by atoms with E-state index in [1.165, 1.54) is 12.1 Å². The number of carbonyl (C=O) groups excluding carboxylic acids is 2. The molecule has 2 fully saturated rings. The molecule has 2 saturated heterocycles. The van der Waals surface area contributed by atoms with Gasteiger partial charge in [0.25, 0.3) is 5.56 Å². The van der Waals surface area contributed by atoms with Crippen LogP contribution in [-0.2, 0) is 9.59 Å². The summed E-state index contributed by atoms with van der Waals surface area (Å²) in [5.41, 5.74) is 1.15. The summed E-state index contributed by atoms with van der Waals surface area (Å²) in [7, 11) is 0. The van der Waals surface area contributed by atoms with Gasteiger partial charge in [0, 0.05) is 31.7 Å². The Morgan fingerprint density at radius 1 is 1.03 bits per heavy atom. The number of anilines is 1. The molecule has 3 aromatic rings. The number of aromatic nitrogens is 2. The maximum Gasteiger partial charge on any atom is 0.261 e. The minimum atomic E-state index is -0.447. The molecule has 2 aromatic carbocycles. The first-order valence-corrected chi connectivity index (χ1v) is 10.8. The molecule has 0 radical (unpaired) electrons. The van der Waals surface area contributed by atoms with Crippen LogP contribution in [0.4, 0.5) is 10.1 Å². The highest BCUT2D eigenvalue weighted by Gasteiger charge is 2.38. The molecule has 2 aliphatic heterocycles. The molecular weight excluding hydrogens is 411 g/mol. The highest BCUT2D eigenvalue weighted by Crippen LogP contribution is 2.29. The van der Waals surface area contributed by atoms with E-state index in [-0.39, 0.29) is 42.2 Å². The number of piperidine rings is 1. The molecule has 0 N–H and O–H groups in total. The minimum Gasteiger partial charge on any atom is -0.340 e. The van der Waals surface area contributed by atoms with Crippen LogP contribution in [0.1, 0.15) is 25.3 Å². The number of hydrogen-bond acceptors (Lipinski definition) is 4. The minimum absolute atomic E-state index is 0.0746. The van der Waals surface area contributed by atoms with Crippen LogP contribution >= 0.6 is 0 Å². The van der Waals surface area contributed by atoms with E-state index in [4.69, 9.17) is 0 Å². The quantitative estimate of drug-likeness (QED) is 0.635. The first kappa shape index (κ1) is 20.4. The lowest BCUT2D eigenvalue weighted by molar-refractivity contribution is -0.137. The molecule has 5 rings (SSSR count). The number of para-hydroxylation sites is 1. The fourth-order valence-electron chi connectivity index (χ4n) is 4.73. The first-order valence-electron chi connectivity index (χ1n) is 10.8. The van der Waals surface area contributed by atoms with Gasteiger partial charge in [-0.2, -0.15) is 0 Å². The normalized spacial score (nSPS) is 21.3. The molecule has 32 heavy (non-hydrogen) atoms. The summed E-state index contributed by atoms with van der Waals surface area (Å²) in [5, 5.41) is 0.565. The zero-order valence-corrected chi connectivity index (χ0v) is 17.5. The van der Waals surface area contributed by atoms with E-state index in [1.807, 2.05) is 18.2 Å². The fraction of sp³-hybridized carbons (Fsp3) is 0.333. The summed E-state index contributed by atoms with van der Waals surface area (Å²) in [5.74, 6) is -1.03. The Hall–Kier alpha value is -3.55. The van der Waals surface area contributed by atoms with Crippen molar-refractivity contribution in [1.29, 1.82) is 0 Å². The van der Waals surface area contributed by atoms with Gasteiger partial charge in [0.05, 0.1) is 29.2 Å². The molecule has 0 aliphatic carbocycles. The summed E-state index contributed by atoms with van der Waals surface area (Å²) >= 11 is 0. The van der Waals surface area contributed by atoms with Crippen molar-refractivity contribution < 1.29 is 14.0 Å². The Morgan fingerprint density at radius 2 is 1.81 bits per heavy atom. The largest absolute Gasteiger partial charge is 0.340 e. The van der Waals surface area contributed by atoms with Crippen LogP contribution in [0.25, 0.3) is 10.9 Å². The Morgan fingerprint density at radius 3 is 2.62 bits per heavy atom. The number of likely N-dealkylation sites (tertiary alicyclic amines) is 1. The molecule has 8 heteroatoms. The average Bonchev–Trinajstić information content (AvgIpc) is 3.21. The van der Waals surface area contributed by atoms with Crippen molar-refractivity contribution in [3.8, 4) is 0 Å². The van der Waals surface area contributed by atoms with Crippen molar-refractivity contribution in [2.75, 3.05) is 24.5 Å². The van der Waals surface area contributed by atoms with Gasteiger partial charge in [-0.25, -0.2) is 9.37 Å². The molecular formula is C24H23FN4O3. The number of benzene rings is 2. The monoisotopic (exact) mass is 434 g/mol. The molecule has 164 valence electrons. The lowest BCUT2D eigenvalue weighted by Gasteiger charge is -2.35. The predicted molar refractivity (Wildman–Crippen MR) is 118 cm³/mol. The number of hydrogen-bond donors (Lipinski definition) is 0. The van der Waals surface area contributed by atoms with Crippen LogP contribution in [0, 0.1) is 11.7 Å². The zero-order chi connectivity index (χ0) is 22.2. The number of carbonyl (C=O) groups is 2. The van der Waals surface area contributed by atoms with Crippen molar-refractivity contribution in [3.63, 3.8) is 0 Å². The van der Waals surface area contributed by atoms with Gasteiger partial charge in [0.2, 0.25) is 11.8 Å². The highest BCUT2D eigenvalue weighted by atomic mass is 19.1. The zero-order valence-electron chi connectivity index (χ0n) is 17.5. The van der Waals surface area contributed by atoms with Gasteiger partial charge in [-0.15, -0.1) is 0 Å². The summed E-state index contributed by atoms with van der Waals surface area (Å²) in [6, 6.07) is 12.8. The fourth-order valence-corrected chi connectivity index (χ4v) is 4.73. The number of halogens is 1. The second kappa shape index (κ2) is 8.18. The van der Waals surface area contributed by atoms with Crippen LogP contribution in [-0.4, -0.2) is 45.9 Å². The average molecular weight is 434 g/mol. The molecule has 0 saturated carbocycles. The summed E-state index contributed by atoms with van der Waals surface area (Å²) in [6.07, 6.45) is 3.26. The van der Waals surface area contributed by atoms with E-state index >= 15 is 0 Å². The number of fused-ring (bicyclic) bond motifs is 1. The van der Waals surface area contributed by atoms with E-state index < -0.39 is 5.92 Å². The predicted octanol–water partition coefficient (Wildman–Crippen LogP) is 2.75. The third-order valence-electron chi connectivity index (χ3n) is 6.40. The number of amides is 2. The molecule has 1 aromatic heterocycles. The summed E-state index contributed by atoms with van der Waals surface area (Å²) in [4.78, 5) is 46.4. The topological polar surface area (TPSA) is 75.5 Å². The van der Waals surface area contributed by atoms with E-state index in [2.05, 4.69) is 4.98 Å². The van der Waals surface area contributed by atoms with Gasteiger partial charge >= 0.3 is 0 Å². The Bertz CT molecular complexity index is 1240. The van der Waals surface area contributed by atoms with Crippen LogP contribution in [0.3, 0.4) is 0 Å². The van der Waals surface area contributed by atoms with Crippen LogP contribution in [0.2, 0.25) is 0 Å². The lowest BCUT2D eigenvalue weighted by Crippen LogP contribution is -2.45.